The molecule has 0 amide bonds. The van der Waals surface area contributed by atoms with E-state index in [-0.39, 0.29) is 10.9 Å². The molecule has 3 N–H and O–H groups in total. The zero-order valence-corrected chi connectivity index (χ0v) is 11.4. The molecule has 0 bridgehead atoms. The Kier molecular flexibility index (Phi) is 5.40. The molecular weight excluding hydrogens is 270 g/mol. The first-order valence-corrected chi connectivity index (χ1v) is 7.32. The molecule has 0 aromatic heterocycles. The quantitative estimate of drug-likeness (QED) is 0.573. The van der Waals surface area contributed by atoms with E-state index in [0.29, 0.717) is 19.4 Å². The number of nitro groups is 1. The maximum atomic E-state index is 12.1. The number of sulfonamides is 1. The molecule has 0 aliphatic carbocycles. The Hall–Kier alpha value is -1.51. The summed E-state index contributed by atoms with van der Waals surface area (Å²) in [5.41, 5.74) is 4.92. The predicted molar refractivity (Wildman–Crippen MR) is 71.2 cm³/mol. The number of nitrogens with one attached hydrogen (secondary N) is 1. The van der Waals surface area contributed by atoms with Crippen LogP contribution < -0.4 is 10.5 Å². The van der Waals surface area contributed by atoms with Gasteiger partial charge in [-0.25, -0.2) is 13.1 Å². The van der Waals surface area contributed by atoms with Gasteiger partial charge >= 0.3 is 0 Å². The average molecular weight is 287 g/mol. The second-order valence-electron chi connectivity index (χ2n) is 4.18. The summed E-state index contributed by atoms with van der Waals surface area (Å²) in [5, 5.41) is 10.8. The number of para-hydroxylation sites is 1. The molecule has 0 radical (unpaired) electrons. The Morgan fingerprint density at radius 3 is 2.63 bits per heavy atom. The third-order valence-electron chi connectivity index (χ3n) is 2.55. The van der Waals surface area contributed by atoms with Crippen LogP contribution in [0.25, 0.3) is 0 Å². The highest BCUT2D eigenvalue weighted by Gasteiger charge is 2.26. The predicted octanol–water partition coefficient (Wildman–Crippen LogP) is 1.00. The van der Waals surface area contributed by atoms with E-state index in [1.165, 1.54) is 24.3 Å². The van der Waals surface area contributed by atoms with Gasteiger partial charge in [0.05, 0.1) is 4.92 Å². The van der Waals surface area contributed by atoms with Gasteiger partial charge < -0.3 is 5.73 Å². The van der Waals surface area contributed by atoms with E-state index in [2.05, 4.69) is 4.72 Å². The summed E-state index contributed by atoms with van der Waals surface area (Å²) >= 11 is 0. The number of hydrogen-bond acceptors (Lipinski definition) is 5. The monoisotopic (exact) mass is 287 g/mol. The molecule has 0 heterocycles. The van der Waals surface area contributed by atoms with Crippen molar-refractivity contribution in [1.29, 1.82) is 0 Å². The molecule has 0 aliphatic heterocycles. The number of hydrogen-bond donors (Lipinski definition) is 2. The maximum Gasteiger partial charge on any atom is 0.289 e. The van der Waals surface area contributed by atoms with Gasteiger partial charge in [0.1, 0.15) is 0 Å². The Morgan fingerprint density at radius 2 is 2.05 bits per heavy atom. The van der Waals surface area contributed by atoms with Crippen LogP contribution in [0.2, 0.25) is 0 Å². The molecular formula is C11H17N3O4S. The lowest BCUT2D eigenvalue weighted by atomic mass is 10.2. The second-order valence-corrected chi connectivity index (χ2v) is 5.86. The van der Waals surface area contributed by atoms with Crippen molar-refractivity contribution >= 4 is 15.7 Å². The summed E-state index contributed by atoms with van der Waals surface area (Å²) < 4.78 is 26.6. The number of benzene rings is 1. The van der Waals surface area contributed by atoms with Crippen LogP contribution in [0.15, 0.2) is 29.2 Å². The van der Waals surface area contributed by atoms with Crippen LogP contribution in [0.1, 0.15) is 19.8 Å². The molecule has 106 valence electrons. The maximum absolute atomic E-state index is 12.1. The van der Waals surface area contributed by atoms with Gasteiger partial charge in [0.25, 0.3) is 5.69 Å². The molecule has 1 aromatic carbocycles. The summed E-state index contributed by atoms with van der Waals surface area (Å²) in [7, 11) is -3.90. The number of nitrogens with two attached hydrogens (primary N) is 1. The molecule has 0 saturated heterocycles. The van der Waals surface area contributed by atoms with Gasteiger partial charge in [-0.05, 0) is 32.4 Å². The van der Waals surface area contributed by atoms with Crippen LogP contribution in [0.5, 0.6) is 0 Å². The van der Waals surface area contributed by atoms with Gasteiger partial charge in [0.2, 0.25) is 10.0 Å². The lowest BCUT2D eigenvalue weighted by Crippen LogP contribution is -2.33. The van der Waals surface area contributed by atoms with Crippen LogP contribution >= 0.6 is 0 Å². The van der Waals surface area contributed by atoms with Gasteiger partial charge in [-0.3, -0.25) is 10.1 Å². The van der Waals surface area contributed by atoms with Crippen molar-refractivity contribution in [1.82, 2.24) is 4.72 Å². The van der Waals surface area contributed by atoms with Crippen molar-refractivity contribution < 1.29 is 13.3 Å². The van der Waals surface area contributed by atoms with E-state index >= 15 is 0 Å². The van der Waals surface area contributed by atoms with Crippen molar-refractivity contribution in [2.75, 3.05) is 6.54 Å². The fourth-order valence-electron chi connectivity index (χ4n) is 1.65. The molecule has 0 saturated carbocycles. The third-order valence-corrected chi connectivity index (χ3v) is 4.19. The molecule has 1 atom stereocenters. The SMILES string of the molecule is CC(CCCN)NS(=O)(=O)c1ccccc1[N+](=O)[O-]. The van der Waals surface area contributed by atoms with E-state index in [0.717, 1.165) is 0 Å². The Morgan fingerprint density at radius 1 is 1.42 bits per heavy atom. The number of rotatable bonds is 7. The van der Waals surface area contributed by atoms with Gasteiger partial charge in [-0.2, -0.15) is 0 Å². The largest absolute Gasteiger partial charge is 0.330 e. The Bertz CT molecular complexity index is 545. The minimum absolute atomic E-state index is 0.320. The highest BCUT2D eigenvalue weighted by atomic mass is 32.2. The van der Waals surface area contributed by atoms with Crippen LogP contribution in [-0.4, -0.2) is 25.9 Å². The molecule has 8 heteroatoms. The molecule has 7 nitrogen and oxygen atoms in total. The fraction of sp³-hybridized carbons (Fsp3) is 0.455. The van der Waals surface area contributed by atoms with Crippen molar-refractivity contribution in [2.24, 2.45) is 5.73 Å². The summed E-state index contributed by atoms with van der Waals surface area (Å²) in [6, 6.07) is 4.93. The first-order chi connectivity index (χ1) is 8.88. The van der Waals surface area contributed by atoms with Gasteiger partial charge in [-0.1, -0.05) is 12.1 Å². The zero-order valence-electron chi connectivity index (χ0n) is 10.6. The van der Waals surface area contributed by atoms with Gasteiger partial charge in [0.15, 0.2) is 4.90 Å². The van der Waals surface area contributed by atoms with E-state index < -0.39 is 20.6 Å². The Balaban J connectivity index is 2.98. The molecule has 0 aliphatic rings. The number of nitro benzene ring substituents is 1. The fourth-order valence-corrected chi connectivity index (χ4v) is 3.10. The minimum atomic E-state index is -3.90. The highest BCUT2D eigenvalue weighted by Crippen LogP contribution is 2.23. The van der Waals surface area contributed by atoms with Gasteiger partial charge in [0, 0.05) is 12.1 Å². The van der Waals surface area contributed by atoms with E-state index in [1.54, 1.807) is 6.92 Å². The topological polar surface area (TPSA) is 115 Å². The summed E-state index contributed by atoms with van der Waals surface area (Å²) in [4.78, 5) is 9.79. The lowest BCUT2D eigenvalue weighted by Gasteiger charge is -2.13. The van der Waals surface area contributed by atoms with E-state index in [1.807, 2.05) is 0 Å². The van der Waals surface area contributed by atoms with E-state index in [9.17, 15) is 18.5 Å². The Labute approximate surface area is 112 Å². The summed E-state index contributed by atoms with van der Waals surface area (Å²) in [5.74, 6) is 0. The molecule has 0 fully saturated rings. The van der Waals surface area contributed by atoms with Crippen molar-refractivity contribution in [2.45, 2.75) is 30.7 Å². The third kappa shape index (κ3) is 4.27. The van der Waals surface area contributed by atoms with Crippen molar-refractivity contribution in [3.8, 4) is 0 Å². The summed E-state index contributed by atoms with van der Waals surface area (Å²) in [6.07, 6.45) is 1.26. The molecule has 1 unspecified atom stereocenters. The normalized spacial score (nSPS) is 13.2. The first-order valence-electron chi connectivity index (χ1n) is 5.84. The lowest BCUT2D eigenvalue weighted by molar-refractivity contribution is -0.387. The van der Waals surface area contributed by atoms with Crippen molar-refractivity contribution in [3.05, 3.63) is 34.4 Å². The van der Waals surface area contributed by atoms with Crippen LogP contribution in [0.4, 0.5) is 5.69 Å². The molecule has 0 spiro atoms. The summed E-state index contributed by atoms with van der Waals surface area (Å²) in [6.45, 7) is 2.17. The zero-order chi connectivity index (χ0) is 14.5. The second kappa shape index (κ2) is 6.60. The van der Waals surface area contributed by atoms with Crippen LogP contribution in [-0.2, 0) is 10.0 Å². The van der Waals surface area contributed by atoms with Gasteiger partial charge in [-0.15, -0.1) is 0 Å². The van der Waals surface area contributed by atoms with E-state index in [4.69, 9.17) is 5.73 Å². The smallest absolute Gasteiger partial charge is 0.289 e. The number of nitrogens with zero attached hydrogens (tertiary/aromatic N) is 1. The molecule has 1 rings (SSSR count). The standard InChI is InChI=1S/C11H17N3O4S/c1-9(5-4-8-12)13-19(17,18)11-7-3-2-6-10(11)14(15)16/h2-3,6-7,9,13H,4-5,8,12H2,1H3. The van der Waals surface area contributed by atoms with Crippen LogP contribution in [0.3, 0.4) is 0 Å². The minimum Gasteiger partial charge on any atom is -0.330 e. The van der Waals surface area contributed by atoms with Crippen LogP contribution in [0, 0.1) is 10.1 Å². The first kappa shape index (κ1) is 15.5. The molecule has 1 aromatic rings. The average Bonchev–Trinajstić information content (AvgIpc) is 2.35. The van der Waals surface area contributed by atoms with Crippen molar-refractivity contribution in [3.63, 3.8) is 0 Å². The molecule has 19 heavy (non-hydrogen) atoms. The highest BCUT2D eigenvalue weighted by molar-refractivity contribution is 7.89.